The van der Waals surface area contributed by atoms with Crippen LogP contribution in [0.2, 0.25) is 0 Å². The summed E-state index contributed by atoms with van der Waals surface area (Å²) in [4.78, 5) is 12.0. The van der Waals surface area contributed by atoms with Crippen LogP contribution in [0.4, 0.5) is 0 Å². The van der Waals surface area contributed by atoms with E-state index in [-0.39, 0.29) is 5.91 Å². The number of hydrazone groups is 1. The van der Waals surface area contributed by atoms with Crippen molar-refractivity contribution in [1.29, 1.82) is 0 Å². The lowest BCUT2D eigenvalue weighted by molar-refractivity contribution is 0.0949. The van der Waals surface area contributed by atoms with E-state index in [2.05, 4.69) is 20.7 Å². The quantitative estimate of drug-likeness (QED) is 0.648. The first-order chi connectivity index (χ1) is 9.34. The van der Waals surface area contributed by atoms with Gasteiger partial charge in [0.05, 0.1) is 12.5 Å². The maximum atomic E-state index is 12.0. The Kier molecular flexibility index (Phi) is 3.14. The number of aryl methyl sites for hydroxylation is 1. The summed E-state index contributed by atoms with van der Waals surface area (Å²) in [5, 5.41) is 10.9. The van der Waals surface area contributed by atoms with Crippen molar-refractivity contribution in [3.8, 4) is 0 Å². The molecule has 2 aromatic rings. The molecule has 0 saturated carbocycles. The molecule has 19 heavy (non-hydrogen) atoms. The van der Waals surface area contributed by atoms with Crippen molar-refractivity contribution in [1.82, 2.24) is 15.6 Å². The van der Waals surface area contributed by atoms with Crippen molar-refractivity contribution in [3.05, 3.63) is 41.1 Å². The van der Waals surface area contributed by atoms with Crippen LogP contribution in [0.15, 0.2) is 27.9 Å². The van der Waals surface area contributed by atoms with E-state index in [1.807, 2.05) is 0 Å². The summed E-state index contributed by atoms with van der Waals surface area (Å²) in [7, 11) is 0. The molecule has 2 aromatic heterocycles. The molecule has 1 aliphatic carbocycles. The van der Waals surface area contributed by atoms with Gasteiger partial charge in [-0.15, -0.1) is 0 Å². The minimum atomic E-state index is -0.290. The third kappa shape index (κ3) is 2.42. The van der Waals surface area contributed by atoms with Crippen LogP contribution in [0.25, 0.3) is 0 Å². The normalized spacial score (nSPS) is 14.5. The number of H-pyrrole nitrogens is 1. The molecule has 0 aliphatic heterocycles. The highest BCUT2D eigenvalue weighted by molar-refractivity contribution is 5.94. The number of carbonyl (C=O) groups excluding carboxylic acids is 1. The Labute approximate surface area is 109 Å². The Morgan fingerprint density at radius 3 is 3.21 bits per heavy atom. The number of hydrogen-bond acceptors (Lipinski definition) is 4. The molecule has 0 bridgehead atoms. The summed E-state index contributed by atoms with van der Waals surface area (Å²) in [5.41, 5.74) is 5.01. The SMILES string of the molecule is O=C(N/N=C/c1ccco1)c1n[nH]c2c1CCCC2. The van der Waals surface area contributed by atoms with E-state index < -0.39 is 0 Å². The van der Waals surface area contributed by atoms with Gasteiger partial charge in [0.15, 0.2) is 5.69 Å². The number of fused-ring (bicyclic) bond motifs is 1. The molecule has 0 atom stereocenters. The second-order valence-corrected chi connectivity index (χ2v) is 4.45. The van der Waals surface area contributed by atoms with Gasteiger partial charge in [-0.1, -0.05) is 0 Å². The Morgan fingerprint density at radius 1 is 1.47 bits per heavy atom. The molecule has 1 amide bonds. The second kappa shape index (κ2) is 5.09. The number of nitrogens with zero attached hydrogens (tertiary/aromatic N) is 2. The molecule has 1 aliphatic rings. The lowest BCUT2D eigenvalue weighted by atomic mass is 9.96. The van der Waals surface area contributed by atoms with Crippen LogP contribution in [-0.2, 0) is 12.8 Å². The van der Waals surface area contributed by atoms with E-state index in [0.29, 0.717) is 11.5 Å². The van der Waals surface area contributed by atoms with Crippen molar-refractivity contribution in [2.45, 2.75) is 25.7 Å². The third-order valence-corrected chi connectivity index (χ3v) is 3.17. The van der Waals surface area contributed by atoms with Gasteiger partial charge in [0.25, 0.3) is 5.91 Å². The van der Waals surface area contributed by atoms with Gasteiger partial charge in [-0.3, -0.25) is 9.89 Å². The predicted molar refractivity (Wildman–Crippen MR) is 69.0 cm³/mol. The van der Waals surface area contributed by atoms with Gasteiger partial charge in [-0.2, -0.15) is 10.2 Å². The summed E-state index contributed by atoms with van der Waals surface area (Å²) in [5.74, 6) is 0.298. The Hall–Kier alpha value is -2.37. The first-order valence-corrected chi connectivity index (χ1v) is 6.27. The fraction of sp³-hybridized carbons (Fsp3) is 0.308. The third-order valence-electron chi connectivity index (χ3n) is 3.17. The topological polar surface area (TPSA) is 83.3 Å². The molecule has 2 heterocycles. The number of furan rings is 1. The molecule has 6 heteroatoms. The second-order valence-electron chi connectivity index (χ2n) is 4.45. The molecular weight excluding hydrogens is 244 g/mol. The van der Waals surface area contributed by atoms with E-state index in [1.165, 1.54) is 6.21 Å². The number of carbonyl (C=O) groups is 1. The summed E-state index contributed by atoms with van der Waals surface area (Å²) >= 11 is 0. The highest BCUT2D eigenvalue weighted by atomic mass is 16.3. The van der Waals surface area contributed by atoms with Crippen LogP contribution in [0.1, 0.15) is 40.3 Å². The minimum Gasteiger partial charge on any atom is -0.463 e. The molecule has 0 spiro atoms. The molecule has 0 unspecified atom stereocenters. The Morgan fingerprint density at radius 2 is 2.37 bits per heavy atom. The van der Waals surface area contributed by atoms with Gasteiger partial charge < -0.3 is 4.42 Å². The summed E-state index contributed by atoms with van der Waals surface area (Å²) in [6, 6.07) is 3.51. The van der Waals surface area contributed by atoms with Crippen LogP contribution in [0, 0.1) is 0 Å². The summed E-state index contributed by atoms with van der Waals surface area (Å²) in [6.07, 6.45) is 7.11. The fourth-order valence-electron chi connectivity index (χ4n) is 2.24. The number of aromatic nitrogens is 2. The molecule has 0 radical (unpaired) electrons. The first kappa shape index (κ1) is 11.7. The molecule has 0 saturated heterocycles. The van der Waals surface area contributed by atoms with Gasteiger partial charge in [0.1, 0.15) is 5.76 Å². The highest BCUT2D eigenvalue weighted by Crippen LogP contribution is 2.21. The van der Waals surface area contributed by atoms with Crippen LogP contribution < -0.4 is 5.43 Å². The van der Waals surface area contributed by atoms with E-state index in [1.54, 1.807) is 18.4 Å². The van der Waals surface area contributed by atoms with Gasteiger partial charge in [0.2, 0.25) is 0 Å². The maximum Gasteiger partial charge on any atom is 0.292 e. The van der Waals surface area contributed by atoms with Crippen molar-refractivity contribution < 1.29 is 9.21 Å². The van der Waals surface area contributed by atoms with Crippen LogP contribution in [0.3, 0.4) is 0 Å². The average molecular weight is 258 g/mol. The van der Waals surface area contributed by atoms with E-state index in [4.69, 9.17) is 4.42 Å². The molecule has 0 aromatic carbocycles. The zero-order valence-electron chi connectivity index (χ0n) is 10.3. The van der Waals surface area contributed by atoms with Crippen molar-refractivity contribution in [2.24, 2.45) is 5.10 Å². The molecule has 6 nitrogen and oxygen atoms in total. The zero-order chi connectivity index (χ0) is 13.1. The highest BCUT2D eigenvalue weighted by Gasteiger charge is 2.21. The Bertz CT molecular complexity index is 598. The van der Waals surface area contributed by atoms with E-state index >= 15 is 0 Å². The summed E-state index contributed by atoms with van der Waals surface area (Å²) in [6.45, 7) is 0. The van der Waals surface area contributed by atoms with Crippen LogP contribution in [-0.4, -0.2) is 22.3 Å². The molecule has 2 N–H and O–H groups in total. The molecule has 98 valence electrons. The average Bonchev–Trinajstić information content (AvgIpc) is 3.07. The molecular formula is C13H14N4O2. The zero-order valence-corrected chi connectivity index (χ0v) is 10.3. The standard InChI is InChI=1S/C13H14N4O2/c18-13(17-14-8-9-4-3-7-19-9)12-10-5-1-2-6-11(10)15-16-12/h3-4,7-8H,1-2,5-6H2,(H,15,16)(H,17,18)/b14-8+. The van der Waals surface area contributed by atoms with E-state index in [0.717, 1.165) is 36.9 Å². The van der Waals surface area contributed by atoms with Gasteiger partial charge in [-0.05, 0) is 37.8 Å². The summed E-state index contributed by atoms with van der Waals surface area (Å²) < 4.78 is 5.07. The van der Waals surface area contributed by atoms with Crippen molar-refractivity contribution in [2.75, 3.05) is 0 Å². The van der Waals surface area contributed by atoms with Gasteiger partial charge in [-0.25, -0.2) is 5.43 Å². The van der Waals surface area contributed by atoms with Gasteiger partial charge >= 0.3 is 0 Å². The number of aromatic amines is 1. The maximum absolute atomic E-state index is 12.0. The van der Waals surface area contributed by atoms with Crippen LogP contribution >= 0.6 is 0 Å². The van der Waals surface area contributed by atoms with E-state index in [9.17, 15) is 4.79 Å². The lowest BCUT2D eigenvalue weighted by Gasteiger charge is -2.10. The monoisotopic (exact) mass is 258 g/mol. The van der Waals surface area contributed by atoms with Crippen molar-refractivity contribution >= 4 is 12.1 Å². The van der Waals surface area contributed by atoms with Crippen molar-refractivity contribution in [3.63, 3.8) is 0 Å². The minimum absolute atomic E-state index is 0.290. The smallest absolute Gasteiger partial charge is 0.292 e. The Balaban J connectivity index is 1.69. The fourth-order valence-corrected chi connectivity index (χ4v) is 2.24. The molecule has 0 fully saturated rings. The van der Waals surface area contributed by atoms with Crippen LogP contribution in [0.5, 0.6) is 0 Å². The van der Waals surface area contributed by atoms with Gasteiger partial charge in [0, 0.05) is 11.3 Å². The predicted octanol–water partition coefficient (Wildman–Crippen LogP) is 1.65. The number of hydrogen-bond donors (Lipinski definition) is 2. The lowest BCUT2D eigenvalue weighted by Crippen LogP contribution is -2.20. The number of rotatable bonds is 3. The first-order valence-electron chi connectivity index (χ1n) is 6.27. The largest absolute Gasteiger partial charge is 0.463 e. The molecule has 3 rings (SSSR count). The number of amides is 1. The number of nitrogens with one attached hydrogen (secondary N) is 2.